The lowest BCUT2D eigenvalue weighted by Gasteiger charge is -2.40. The molecule has 0 saturated carbocycles. The highest BCUT2D eigenvalue weighted by Crippen LogP contribution is 2.33. The van der Waals surface area contributed by atoms with Crippen molar-refractivity contribution in [2.75, 3.05) is 0 Å². The average molecular weight is 490 g/mol. The van der Waals surface area contributed by atoms with Crippen LogP contribution in [0.4, 0.5) is 4.39 Å². The number of nitrogens with one attached hydrogen (secondary N) is 1. The molecule has 4 nitrogen and oxygen atoms in total. The molecule has 0 bridgehead atoms. The Kier molecular flexibility index (Phi) is 8.39. The van der Waals surface area contributed by atoms with Crippen LogP contribution in [0.1, 0.15) is 45.2 Å². The number of hydrogen-bond donors (Lipinski definition) is 3. The summed E-state index contributed by atoms with van der Waals surface area (Å²) >= 11 is 17.9. The van der Waals surface area contributed by atoms with Gasteiger partial charge in [0.25, 0.3) is 0 Å². The minimum Gasteiger partial charge on any atom is -0.480 e. The molecule has 0 amide bonds. The normalized spacial score (nSPS) is 15.9. The van der Waals surface area contributed by atoms with Crippen LogP contribution in [0.15, 0.2) is 36.4 Å². The van der Waals surface area contributed by atoms with Gasteiger partial charge in [-0.15, -0.1) is 0 Å². The molecule has 0 fully saturated rings. The SMILES string of the molecule is CC(C)(C)C[C@H](N[C@H](Cc1ccc(Cl)c(Cl)c1)C(=O)O)[C@](C)(N)c1ccc(Cl)cc1F. The van der Waals surface area contributed by atoms with Crippen molar-refractivity contribution in [1.82, 2.24) is 5.32 Å². The second kappa shape index (κ2) is 10.1. The number of halogens is 4. The van der Waals surface area contributed by atoms with Gasteiger partial charge >= 0.3 is 5.97 Å². The molecule has 2 aromatic rings. The lowest BCUT2D eigenvalue weighted by atomic mass is 9.76. The number of carboxylic acids is 1. The molecule has 0 aromatic heterocycles. The van der Waals surface area contributed by atoms with E-state index in [0.717, 1.165) is 0 Å². The minimum absolute atomic E-state index is 0.159. The van der Waals surface area contributed by atoms with E-state index in [0.29, 0.717) is 22.0 Å². The molecule has 2 rings (SSSR count). The van der Waals surface area contributed by atoms with Crippen molar-refractivity contribution in [2.45, 2.75) is 58.2 Å². The maximum Gasteiger partial charge on any atom is 0.321 e. The molecular formula is C23H28Cl3FN2O2. The molecule has 8 heteroatoms. The first-order chi connectivity index (χ1) is 14.2. The first-order valence-corrected chi connectivity index (χ1v) is 11.0. The zero-order valence-corrected chi connectivity index (χ0v) is 20.2. The Hall–Kier alpha value is -1.37. The zero-order chi connectivity index (χ0) is 23.6. The summed E-state index contributed by atoms with van der Waals surface area (Å²) in [5, 5.41) is 14.1. The first kappa shape index (κ1) is 25.9. The Bertz CT molecular complexity index is 945. The number of rotatable bonds is 8. The Morgan fingerprint density at radius 1 is 1.10 bits per heavy atom. The smallest absolute Gasteiger partial charge is 0.321 e. The van der Waals surface area contributed by atoms with Gasteiger partial charge in [-0.25, -0.2) is 4.39 Å². The Morgan fingerprint density at radius 2 is 1.74 bits per heavy atom. The van der Waals surface area contributed by atoms with Gasteiger partial charge in [0.05, 0.1) is 15.6 Å². The van der Waals surface area contributed by atoms with Gasteiger partial charge in [0.1, 0.15) is 11.9 Å². The topological polar surface area (TPSA) is 75.3 Å². The van der Waals surface area contributed by atoms with Crippen molar-refractivity contribution in [1.29, 1.82) is 0 Å². The summed E-state index contributed by atoms with van der Waals surface area (Å²) in [4.78, 5) is 12.1. The number of carbonyl (C=O) groups is 1. The molecule has 31 heavy (non-hydrogen) atoms. The molecule has 0 aliphatic rings. The second-order valence-corrected chi connectivity index (χ2v) is 10.5. The largest absolute Gasteiger partial charge is 0.480 e. The van der Waals surface area contributed by atoms with E-state index in [1.54, 1.807) is 37.3 Å². The molecule has 0 unspecified atom stereocenters. The number of benzene rings is 2. The van der Waals surface area contributed by atoms with Crippen molar-refractivity contribution in [3.8, 4) is 0 Å². The van der Waals surface area contributed by atoms with Crippen molar-refractivity contribution in [3.05, 3.63) is 68.4 Å². The van der Waals surface area contributed by atoms with E-state index >= 15 is 0 Å². The summed E-state index contributed by atoms with van der Waals surface area (Å²) < 4.78 is 14.7. The zero-order valence-electron chi connectivity index (χ0n) is 18.0. The third kappa shape index (κ3) is 7.06. The Morgan fingerprint density at radius 3 is 2.26 bits per heavy atom. The number of nitrogens with two attached hydrogens (primary N) is 1. The van der Waals surface area contributed by atoms with Crippen molar-refractivity contribution in [3.63, 3.8) is 0 Å². The maximum atomic E-state index is 14.7. The fourth-order valence-corrected chi connectivity index (χ4v) is 4.01. The van der Waals surface area contributed by atoms with Crippen LogP contribution < -0.4 is 11.1 Å². The number of aliphatic carboxylic acids is 1. The fraction of sp³-hybridized carbons (Fsp3) is 0.435. The third-order valence-corrected chi connectivity index (χ3v) is 6.15. The summed E-state index contributed by atoms with van der Waals surface area (Å²) in [7, 11) is 0. The summed E-state index contributed by atoms with van der Waals surface area (Å²) in [6.45, 7) is 7.75. The Labute approximate surface area is 197 Å². The molecule has 2 aromatic carbocycles. The van der Waals surface area contributed by atoms with Crippen LogP contribution in [0.25, 0.3) is 0 Å². The van der Waals surface area contributed by atoms with Gasteiger partial charge in [-0.05, 0) is 55.0 Å². The molecule has 0 aliphatic heterocycles. The number of hydrogen-bond acceptors (Lipinski definition) is 3. The average Bonchev–Trinajstić information content (AvgIpc) is 2.61. The van der Waals surface area contributed by atoms with Gasteiger partial charge in [-0.3, -0.25) is 10.1 Å². The van der Waals surface area contributed by atoms with Crippen LogP contribution in [0.5, 0.6) is 0 Å². The molecular weight excluding hydrogens is 462 g/mol. The summed E-state index contributed by atoms with van der Waals surface area (Å²) in [6.07, 6.45) is 0.666. The van der Waals surface area contributed by atoms with Gasteiger partial charge in [0.2, 0.25) is 0 Å². The van der Waals surface area contributed by atoms with E-state index in [-0.39, 0.29) is 22.4 Å². The first-order valence-electron chi connectivity index (χ1n) is 9.88. The van der Waals surface area contributed by atoms with Gasteiger partial charge < -0.3 is 10.8 Å². The van der Waals surface area contributed by atoms with E-state index < -0.39 is 29.4 Å². The van der Waals surface area contributed by atoms with E-state index in [9.17, 15) is 14.3 Å². The van der Waals surface area contributed by atoms with Crippen LogP contribution in [0.3, 0.4) is 0 Å². The number of carboxylic acid groups (broad SMARTS) is 1. The van der Waals surface area contributed by atoms with E-state index in [1.807, 2.05) is 20.8 Å². The van der Waals surface area contributed by atoms with Crippen molar-refractivity contribution in [2.24, 2.45) is 11.1 Å². The lowest BCUT2D eigenvalue weighted by molar-refractivity contribution is -0.139. The molecule has 170 valence electrons. The van der Waals surface area contributed by atoms with Crippen LogP contribution in [0.2, 0.25) is 15.1 Å². The van der Waals surface area contributed by atoms with Gasteiger partial charge in [0, 0.05) is 16.6 Å². The van der Waals surface area contributed by atoms with Crippen molar-refractivity contribution >= 4 is 40.8 Å². The maximum absolute atomic E-state index is 14.7. The molecule has 4 N–H and O–H groups in total. The third-order valence-electron chi connectivity index (χ3n) is 5.18. The quantitative estimate of drug-likeness (QED) is 0.422. The molecule has 0 radical (unpaired) electrons. The lowest BCUT2D eigenvalue weighted by Crippen LogP contribution is -2.58. The van der Waals surface area contributed by atoms with Crippen LogP contribution in [0, 0.1) is 11.2 Å². The van der Waals surface area contributed by atoms with Crippen LogP contribution >= 0.6 is 34.8 Å². The molecule has 0 saturated heterocycles. The summed E-state index contributed by atoms with van der Waals surface area (Å²) in [5.74, 6) is -1.58. The molecule has 0 aliphatic carbocycles. The molecule has 0 heterocycles. The van der Waals surface area contributed by atoms with E-state index in [2.05, 4.69) is 5.32 Å². The van der Waals surface area contributed by atoms with Crippen LogP contribution in [-0.4, -0.2) is 23.2 Å². The van der Waals surface area contributed by atoms with E-state index in [4.69, 9.17) is 40.5 Å². The highest BCUT2D eigenvalue weighted by Gasteiger charge is 2.39. The summed E-state index contributed by atoms with van der Waals surface area (Å²) in [5.41, 5.74) is 6.22. The predicted molar refractivity (Wildman–Crippen MR) is 126 cm³/mol. The molecule has 0 spiro atoms. The van der Waals surface area contributed by atoms with Gasteiger partial charge in [-0.2, -0.15) is 0 Å². The highest BCUT2D eigenvalue weighted by molar-refractivity contribution is 6.42. The minimum atomic E-state index is -1.20. The van der Waals surface area contributed by atoms with Crippen LogP contribution in [-0.2, 0) is 16.8 Å². The van der Waals surface area contributed by atoms with Gasteiger partial charge in [0.15, 0.2) is 0 Å². The molecule has 3 atom stereocenters. The standard InChI is InChI=1S/C23H28Cl3FN2O2/c1-22(2,3)12-20(23(4,28)15-7-6-14(24)11-18(15)27)29-19(21(30)31)10-13-5-8-16(25)17(26)9-13/h5-9,11,19-20,29H,10,12,28H2,1-4H3,(H,30,31)/t19-,20+,23-/m1/s1. The monoisotopic (exact) mass is 488 g/mol. The van der Waals surface area contributed by atoms with E-state index in [1.165, 1.54) is 6.07 Å². The highest BCUT2D eigenvalue weighted by atomic mass is 35.5. The van der Waals surface area contributed by atoms with Gasteiger partial charge in [-0.1, -0.05) is 67.7 Å². The summed E-state index contributed by atoms with van der Waals surface area (Å²) in [6, 6.07) is 7.80. The predicted octanol–water partition coefficient (Wildman–Crippen LogP) is 6.05. The second-order valence-electron chi connectivity index (χ2n) is 9.23. The Balaban J connectivity index is 2.40. The fourth-order valence-electron chi connectivity index (χ4n) is 3.53. The van der Waals surface area contributed by atoms with Crippen molar-refractivity contribution < 1.29 is 14.3 Å².